The molecule has 1 aromatic rings. The lowest BCUT2D eigenvalue weighted by Crippen LogP contribution is -2.28. The Morgan fingerprint density at radius 2 is 2.14 bits per heavy atom. The molecule has 4 nitrogen and oxygen atoms in total. The summed E-state index contributed by atoms with van der Waals surface area (Å²) in [6.45, 7) is 7.99. The number of hydrogen-bond acceptors (Lipinski definition) is 3. The molecular weight excluding hydrogens is 264 g/mol. The summed E-state index contributed by atoms with van der Waals surface area (Å²) in [5.41, 5.74) is 6.78. The Hall–Kier alpha value is -1.55. The van der Waals surface area contributed by atoms with Crippen molar-refractivity contribution in [2.24, 2.45) is 17.6 Å². The van der Waals surface area contributed by atoms with Crippen LogP contribution in [0, 0.1) is 11.8 Å². The number of benzene rings is 1. The summed E-state index contributed by atoms with van der Waals surface area (Å²) in [4.78, 5) is 12.0. The Balaban J connectivity index is 2.43. The van der Waals surface area contributed by atoms with Crippen molar-refractivity contribution in [3.8, 4) is 5.75 Å². The maximum absolute atomic E-state index is 12.0. The molecule has 0 unspecified atom stereocenters. The average Bonchev–Trinajstić information content (AvgIpc) is 2.45. The number of nitrogens with two attached hydrogens (primary N) is 1. The minimum atomic E-state index is 0.0629. The quantitative estimate of drug-likeness (QED) is 0.735. The monoisotopic (exact) mass is 292 g/mol. The van der Waals surface area contributed by atoms with Crippen LogP contribution >= 0.6 is 0 Å². The van der Waals surface area contributed by atoms with Gasteiger partial charge in [0.25, 0.3) is 0 Å². The van der Waals surface area contributed by atoms with Crippen LogP contribution in [-0.4, -0.2) is 19.1 Å². The van der Waals surface area contributed by atoms with Gasteiger partial charge in [-0.15, -0.1) is 0 Å². The van der Waals surface area contributed by atoms with Crippen molar-refractivity contribution in [3.63, 3.8) is 0 Å². The van der Waals surface area contributed by atoms with Gasteiger partial charge in [-0.05, 0) is 49.4 Å². The third-order valence-electron chi connectivity index (χ3n) is 3.31. The topological polar surface area (TPSA) is 64.3 Å². The summed E-state index contributed by atoms with van der Waals surface area (Å²) < 4.78 is 5.45. The first-order valence-corrected chi connectivity index (χ1v) is 7.73. The van der Waals surface area contributed by atoms with E-state index in [1.165, 1.54) is 0 Å². The van der Waals surface area contributed by atoms with Gasteiger partial charge in [0.2, 0.25) is 5.91 Å². The van der Waals surface area contributed by atoms with E-state index in [-0.39, 0.29) is 11.8 Å². The van der Waals surface area contributed by atoms with Crippen molar-refractivity contribution in [2.45, 2.75) is 40.2 Å². The molecule has 4 heteroatoms. The number of rotatable bonds is 9. The Kier molecular flexibility index (Phi) is 7.83. The second kappa shape index (κ2) is 9.40. The van der Waals surface area contributed by atoms with Gasteiger partial charge in [0.1, 0.15) is 5.75 Å². The maximum atomic E-state index is 12.0. The second-order valence-electron chi connectivity index (χ2n) is 5.79. The molecule has 21 heavy (non-hydrogen) atoms. The highest BCUT2D eigenvalue weighted by molar-refractivity contribution is 5.76. The molecule has 0 radical (unpaired) electrons. The lowest BCUT2D eigenvalue weighted by Gasteiger charge is -2.16. The van der Waals surface area contributed by atoms with E-state index in [9.17, 15) is 4.79 Å². The van der Waals surface area contributed by atoms with E-state index in [4.69, 9.17) is 10.5 Å². The Morgan fingerprint density at radius 3 is 2.76 bits per heavy atom. The van der Waals surface area contributed by atoms with Crippen molar-refractivity contribution in [3.05, 3.63) is 29.8 Å². The van der Waals surface area contributed by atoms with E-state index in [1.54, 1.807) is 0 Å². The van der Waals surface area contributed by atoms with Gasteiger partial charge in [0.05, 0.1) is 6.61 Å². The van der Waals surface area contributed by atoms with Crippen LogP contribution in [-0.2, 0) is 11.3 Å². The van der Waals surface area contributed by atoms with Crippen LogP contribution in [0.4, 0.5) is 0 Å². The standard InChI is InChI=1S/C17H28N2O2/c1-4-21-16-7-5-6-14(9-16)12-19-17(20)10-15(11-18)8-13(2)3/h5-7,9,13,15H,4,8,10-12,18H2,1-3H3,(H,19,20)/t15-/m0/s1. The van der Waals surface area contributed by atoms with Crippen LogP contribution in [0.25, 0.3) is 0 Å². The minimum Gasteiger partial charge on any atom is -0.494 e. The van der Waals surface area contributed by atoms with Gasteiger partial charge in [-0.1, -0.05) is 26.0 Å². The fraction of sp³-hybridized carbons (Fsp3) is 0.588. The summed E-state index contributed by atoms with van der Waals surface area (Å²) in [5, 5.41) is 2.96. The number of carbonyl (C=O) groups excluding carboxylic acids is 1. The smallest absolute Gasteiger partial charge is 0.220 e. The van der Waals surface area contributed by atoms with E-state index in [0.717, 1.165) is 17.7 Å². The fourth-order valence-electron chi connectivity index (χ4n) is 2.38. The first-order valence-electron chi connectivity index (χ1n) is 7.73. The number of nitrogens with one attached hydrogen (secondary N) is 1. The molecule has 0 fully saturated rings. The molecule has 1 aromatic carbocycles. The Morgan fingerprint density at radius 1 is 1.38 bits per heavy atom. The Labute approximate surface area is 128 Å². The third-order valence-corrected chi connectivity index (χ3v) is 3.31. The molecule has 3 N–H and O–H groups in total. The minimum absolute atomic E-state index is 0.0629. The molecule has 0 bridgehead atoms. The van der Waals surface area contributed by atoms with Gasteiger partial charge < -0.3 is 15.8 Å². The zero-order valence-electron chi connectivity index (χ0n) is 13.4. The summed E-state index contributed by atoms with van der Waals surface area (Å²) >= 11 is 0. The Bertz CT molecular complexity index is 433. The van der Waals surface area contributed by atoms with Crippen LogP contribution in [0.2, 0.25) is 0 Å². The number of hydrogen-bond donors (Lipinski definition) is 2. The average molecular weight is 292 g/mol. The van der Waals surface area contributed by atoms with E-state index in [0.29, 0.717) is 32.0 Å². The predicted molar refractivity (Wildman–Crippen MR) is 86.1 cm³/mol. The normalized spacial score (nSPS) is 12.2. The number of ether oxygens (including phenoxy) is 1. The molecule has 1 amide bonds. The van der Waals surface area contributed by atoms with E-state index >= 15 is 0 Å². The molecule has 1 atom stereocenters. The predicted octanol–water partition coefficient (Wildman–Crippen LogP) is 2.71. The lowest BCUT2D eigenvalue weighted by molar-refractivity contribution is -0.122. The van der Waals surface area contributed by atoms with Gasteiger partial charge in [-0.3, -0.25) is 4.79 Å². The number of amides is 1. The third kappa shape index (κ3) is 7.14. The van der Waals surface area contributed by atoms with Gasteiger partial charge in [0.15, 0.2) is 0 Å². The maximum Gasteiger partial charge on any atom is 0.220 e. The van der Waals surface area contributed by atoms with Crippen molar-refractivity contribution in [1.29, 1.82) is 0 Å². The lowest BCUT2D eigenvalue weighted by atomic mass is 9.94. The van der Waals surface area contributed by atoms with Crippen LogP contribution in [0.5, 0.6) is 5.75 Å². The van der Waals surface area contributed by atoms with Crippen molar-refractivity contribution in [2.75, 3.05) is 13.2 Å². The van der Waals surface area contributed by atoms with Gasteiger partial charge in [-0.2, -0.15) is 0 Å². The van der Waals surface area contributed by atoms with Crippen LogP contribution in [0.3, 0.4) is 0 Å². The second-order valence-corrected chi connectivity index (χ2v) is 5.79. The first-order chi connectivity index (χ1) is 10.0. The SMILES string of the molecule is CCOc1cccc(CNC(=O)C[C@@H](CN)CC(C)C)c1. The molecule has 0 aliphatic rings. The largest absolute Gasteiger partial charge is 0.494 e. The van der Waals surface area contributed by atoms with E-state index < -0.39 is 0 Å². The van der Waals surface area contributed by atoms with Gasteiger partial charge >= 0.3 is 0 Å². The number of carbonyl (C=O) groups is 1. The molecule has 0 aliphatic heterocycles. The summed E-state index contributed by atoms with van der Waals surface area (Å²) in [7, 11) is 0. The van der Waals surface area contributed by atoms with E-state index in [1.807, 2.05) is 31.2 Å². The molecule has 118 valence electrons. The summed E-state index contributed by atoms with van der Waals surface area (Å²) in [6, 6.07) is 7.80. The van der Waals surface area contributed by atoms with Crippen molar-refractivity contribution < 1.29 is 9.53 Å². The molecule has 0 saturated carbocycles. The van der Waals surface area contributed by atoms with E-state index in [2.05, 4.69) is 19.2 Å². The first kappa shape index (κ1) is 17.5. The molecule has 0 saturated heterocycles. The molecule has 0 heterocycles. The van der Waals surface area contributed by atoms with Gasteiger partial charge in [-0.25, -0.2) is 0 Å². The van der Waals surface area contributed by atoms with Crippen molar-refractivity contribution in [1.82, 2.24) is 5.32 Å². The summed E-state index contributed by atoms with van der Waals surface area (Å²) in [6.07, 6.45) is 1.49. The van der Waals surface area contributed by atoms with Gasteiger partial charge in [0, 0.05) is 13.0 Å². The molecule has 0 aromatic heterocycles. The molecule has 1 rings (SSSR count). The molecular formula is C17H28N2O2. The highest BCUT2D eigenvalue weighted by Gasteiger charge is 2.13. The van der Waals surface area contributed by atoms with Crippen LogP contribution in [0.15, 0.2) is 24.3 Å². The highest BCUT2D eigenvalue weighted by Crippen LogP contribution is 2.15. The zero-order chi connectivity index (χ0) is 15.7. The molecule has 0 spiro atoms. The summed E-state index contributed by atoms with van der Waals surface area (Å²) in [5.74, 6) is 1.73. The van der Waals surface area contributed by atoms with Crippen LogP contribution in [0.1, 0.15) is 39.2 Å². The van der Waals surface area contributed by atoms with Crippen LogP contribution < -0.4 is 15.8 Å². The molecule has 0 aliphatic carbocycles. The van der Waals surface area contributed by atoms with Crippen molar-refractivity contribution >= 4 is 5.91 Å². The zero-order valence-corrected chi connectivity index (χ0v) is 13.4. The highest BCUT2D eigenvalue weighted by atomic mass is 16.5. The fourth-order valence-corrected chi connectivity index (χ4v) is 2.38.